The zero-order valence-electron chi connectivity index (χ0n) is 14.2. The van der Waals surface area contributed by atoms with Gasteiger partial charge in [0.1, 0.15) is 12.6 Å². The van der Waals surface area contributed by atoms with Crippen molar-refractivity contribution in [1.82, 2.24) is 9.62 Å². The lowest BCUT2D eigenvalue weighted by Crippen LogP contribution is -2.51. The van der Waals surface area contributed by atoms with Gasteiger partial charge in [0.15, 0.2) is 0 Å². The third kappa shape index (κ3) is 5.17. The Bertz CT molecular complexity index is 707. The lowest BCUT2D eigenvalue weighted by atomic mass is 10.1. The normalized spacial score (nSPS) is 20.9. The summed E-state index contributed by atoms with van der Waals surface area (Å²) in [6.07, 6.45) is 0.616. The number of carbonyl (C=O) groups is 2. The van der Waals surface area contributed by atoms with E-state index in [0.717, 1.165) is 16.1 Å². The summed E-state index contributed by atoms with van der Waals surface area (Å²) in [5.74, 6) is -0.682. The van der Waals surface area contributed by atoms with Crippen molar-refractivity contribution in [3.8, 4) is 0 Å². The minimum atomic E-state index is -3.60. The molecule has 2 rings (SSSR count). The van der Waals surface area contributed by atoms with Crippen LogP contribution in [0.2, 0.25) is 0 Å². The number of nitrogens with zero attached hydrogens (tertiary/aromatic N) is 1. The summed E-state index contributed by atoms with van der Waals surface area (Å²) in [5, 5.41) is 2.57. The van der Waals surface area contributed by atoms with Crippen LogP contribution in [0.1, 0.15) is 18.9 Å². The van der Waals surface area contributed by atoms with Gasteiger partial charge in [-0.3, -0.25) is 4.79 Å². The molecule has 1 aliphatic rings. The SMILES string of the molecule is CCOC(=O)C1C(NC(=O)OCc2ccccc2)CCN1S(C)(=O)=O. The monoisotopic (exact) mass is 370 g/mol. The first-order valence-corrected chi connectivity index (χ1v) is 9.78. The van der Waals surface area contributed by atoms with Crippen LogP contribution in [-0.2, 0) is 30.9 Å². The summed E-state index contributed by atoms with van der Waals surface area (Å²) in [6.45, 7) is 1.97. The van der Waals surface area contributed by atoms with Gasteiger partial charge in [-0.15, -0.1) is 0 Å². The molecular weight excluding hydrogens is 348 g/mol. The van der Waals surface area contributed by atoms with Crippen LogP contribution < -0.4 is 5.32 Å². The summed E-state index contributed by atoms with van der Waals surface area (Å²) < 4.78 is 34.9. The fourth-order valence-electron chi connectivity index (χ4n) is 2.71. The van der Waals surface area contributed by atoms with Gasteiger partial charge in [-0.25, -0.2) is 13.2 Å². The highest BCUT2D eigenvalue weighted by Gasteiger charge is 2.45. The molecule has 138 valence electrons. The number of alkyl carbamates (subject to hydrolysis) is 1. The van der Waals surface area contributed by atoms with Crippen molar-refractivity contribution >= 4 is 22.1 Å². The Morgan fingerprint density at radius 2 is 1.92 bits per heavy atom. The number of hydrogen-bond acceptors (Lipinski definition) is 6. The van der Waals surface area contributed by atoms with Gasteiger partial charge in [0, 0.05) is 6.54 Å². The van der Waals surface area contributed by atoms with E-state index >= 15 is 0 Å². The molecule has 1 aromatic rings. The number of amides is 1. The van der Waals surface area contributed by atoms with Gasteiger partial charge in [0.2, 0.25) is 10.0 Å². The Hall–Kier alpha value is -2.13. The first kappa shape index (κ1) is 19.2. The zero-order valence-corrected chi connectivity index (χ0v) is 15.0. The van der Waals surface area contributed by atoms with Gasteiger partial charge >= 0.3 is 12.1 Å². The summed E-state index contributed by atoms with van der Waals surface area (Å²) in [4.78, 5) is 24.2. The maximum Gasteiger partial charge on any atom is 0.407 e. The smallest absolute Gasteiger partial charge is 0.407 e. The van der Waals surface area contributed by atoms with Crippen LogP contribution in [0.25, 0.3) is 0 Å². The number of ether oxygens (including phenoxy) is 2. The fraction of sp³-hybridized carbons (Fsp3) is 0.500. The highest BCUT2D eigenvalue weighted by Crippen LogP contribution is 2.22. The van der Waals surface area contributed by atoms with Gasteiger partial charge in [0.25, 0.3) is 0 Å². The van der Waals surface area contributed by atoms with Crippen LogP contribution in [0.3, 0.4) is 0 Å². The number of hydrogen-bond donors (Lipinski definition) is 1. The quantitative estimate of drug-likeness (QED) is 0.746. The van der Waals surface area contributed by atoms with E-state index in [1.54, 1.807) is 6.92 Å². The van der Waals surface area contributed by atoms with Crippen molar-refractivity contribution in [2.75, 3.05) is 19.4 Å². The molecule has 1 aromatic carbocycles. The molecule has 0 aromatic heterocycles. The first-order chi connectivity index (χ1) is 11.8. The molecule has 1 saturated heterocycles. The Morgan fingerprint density at radius 1 is 1.24 bits per heavy atom. The third-order valence-corrected chi connectivity index (χ3v) is 5.08. The summed E-state index contributed by atoms with van der Waals surface area (Å²) >= 11 is 0. The van der Waals surface area contributed by atoms with Crippen molar-refractivity contribution in [3.63, 3.8) is 0 Å². The lowest BCUT2D eigenvalue weighted by molar-refractivity contribution is -0.147. The van der Waals surface area contributed by atoms with Crippen LogP contribution in [0, 0.1) is 0 Å². The van der Waals surface area contributed by atoms with Crippen molar-refractivity contribution in [2.24, 2.45) is 0 Å². The van der Waals surface area contributed by atoms with Gasteiger partial charge in [-0.05, 0) is 18.9 Å². The highest BCUT2D eigenvalue weighted by atomic mass is 32.2. The second-order valence-corrected chi connectivity index (χ2v) is 7.61. The van der Waals surface area contributed by atoms with E-state index in [1.807, 2.05) is 30.3 Å². The average Bonchev–Trinajstić information content (AvgIpc) is 2.98. The van der Waals surface area contributed by atoms with Crippen molar-refractivity contribution in [1.29, 1.82) is 0 Å². The maximum atomic E-state index is 12.2. The molecule has 1 heterocycles. The second-order valence-electron chi connectivity index (χ2n) is 5.67. The number of benzene rings is 1. The van der Waals surface area contributed by atoms with Crippen molar-refractivity contribution < 1.29 is 27.5 Å². The number of carbonyl (C=O) groups excluding carboxylic acids is 2. The van der Waals surface area contributed by atoms with E-state index in [4.69, 9.17) is 9.47 Å². The molecule has 0 radical (unpaired) electrons. The van der Waals surface area contributed by atoms with E-state index in [0.29, 0.717) is 6.42 Å². The third-order valence-electron chi connectivity index (χ3n) is 3.82. The molecule has 0 bridgehead atoms. The van der Waals surface area contributed by atoms with Crippen molar-refractivity contribution in [3.05, 3.63) is 35.9 Å². The van der Waals surface area contributed by atoms with E-state index < -0.39 is 34.2 Å². The minimum Gasteiger partial charge on any atom is -0.465 e. The number of nitrogens with one attached hydrogen (secondary N) is 1. The lowest BCUT2D eigenvalue weighted by Gasteiger charge is -2.24. The average molecular weight is 370 g/mol. The van der Waals surface area contributed by atoms with Gasteiger partial charge < -0.3 is 14.8 Å². The Morgan fingerprint density at radius 3 is 2.52 bits per heavy atom. The molecule has 25 heavy (non-hydrogen) atoms. The summed E-state index contributed by atoms with van der Waals surface area (Å²) in [6, 6.07) is 7.36. The molecule has 2 unspecified atom stereocenters. The molecule has 0 spiro atoms. The molecule has 1 aliphatic heterocycles. The Kier molecular flexibility index (Phi) is 6.38. The zero-order chi connectivity index (χ0) is 18.4. The Balaban J connectivity index is 2.01. The minimum absolute atomic E-state index is 0.0826. The predicted octanol–water partition coefficient (Wildman–Crippen LogP) is 0.878. The highest BCUT2D eigenvalue weighted by molar-refractivity contribution is 7.88. The van der Waals surface area contributed by atoms with Crippen LogP contribution in [0.4, 0.5) is 4.79 Å². The largest absolute Gasteiger partial charge is 0.465 e. The van der Waals surface area contributed by atoms with Crippen LogP contribution in [-0.4, -0.2) is 56.3 Å². The fourth-order valence-corrected chi connectivity index (χ4v) is 3.80. The molecule has 0 aliphatic carbocycles. The van der Waals surface area contributed by atoms with Crippen molar-refractivity contribution in [2.45, 2.75) is 32.0 Å². The number of rotatable bonds is 6. The molecule has 1 N–H and O–H groups in total. The van der Waals surface area contributed by atoms with E-state index in [-0.39, 0.29) is 19.8 Å². The Labute approximate surface area is 147 Å². The van der Waals surface area contributed by atoms with E-state index in [2.05, 4.69) is 5.32 Å². The van der Waals surface area contributed by atoms with Gasteiger partial charge in [-0.1, -0.05) is 30.3 Å². The van der Waals surface area contributed by atoms with Gasteiger partial charge in [-0.2, -0.15) is 4.31 Å². The maximum absolute atomic E-state index is 12.2. The molecule has 9 heteroatoms. The summed E-state index contributed by atoms with van der Waals surface area (Å²) in [7, 11) is -3.60. The number of esters is 1. The van der Waals surface area contributed by atoms with Crippen LogP contribution >= 0.6 is 0 Å². The van der Waals surface area contributed by atoms with Crippen LogP contribution in [0.15, 0.2) is 30.3 Å². The molecule has 1 amide bonds. The second kappa shape index (κ2) is 8.30. The van der Waals surface area contributed by atoms with E-state index in [1.165, 1.54) is 0 Å². The molecule has 1 fully saturated rings. The predicted molar refractivity (Wildman–Crippen MR) is 90.1 cm³/mol. The molecule has 0 saturated carbocycles. The van der Waals surface area contributed by atoms with Gasteiger partial charge in [0.05, 0.1) is 18.9 Å². The topological polar surface area (TPSA) is 102 Å². The standard InChI is InChI=1S/C16H22N2O6S/c1-3-23-15(19)14-13(9-10-18(14)25(2,21)22)17-16(20)24-11-12-7-5-4-6-8-12/h4-8,13-14H,3,9-11H2,1-2H3,(H,17,20). The van der Waals surface area contributed by atoms with Crippen LogP contribution in [0.5, 0.6) is 0 Å². The molecule has 8 nitrogen and oxygen atoms in total. The molecular formula is C16H22N2O6S. The summed E-state index contributed by atoms with van der Waals surface area (Å²) in [5.41, 5.74) is 0.823. The first-order valence-electron chi connectivity index (χ1n) is 7.93. The van der Waals surface area contributed by atoms with E-state index in [9.17, 15) is 18.0 Å². The number of sulfonamides is 1. The molecule has 2 atom stereocenters.